The average Bonchev–Trinajstić information content (AvgIpc) is 2.85. The van der Waals surface area contributed by atoms with Crippen LogP contribution in [0.3, 0.4) is 0 Å². The van der Waals surface area contributed by atoms with Crippen molar-refractivity contribution in [1.29, 1.82) is 0 Å². The Hall–Kier alpha value is -2.28. The van der Waals surface area contributed by atoms with Crippen molar-refractivity contribution in [2.45, 2.75) is 6.42 Å². The molecule has 0 aliphatic heterocycles. The molecule has 0 atom stereocenters. The smallest absolute Gasteiger partial charge is 0.251 e. The topological polar surface area (TPSA) is 71.8 Å². The van der Waals surface area contributed by atoms with E-state index in [9.17, 15) is 13.6 Å². The van der Waals surface area contributed by atoms with E-state index in [1.54, 1.807) is 12.4 Å². The second-order valence-electron chi connectivity index (χ2n) is 4.79. The number of hydrogen-bond acceptors (Lipinski definition) is 2. The Labute approximate surface area is 132 Å². The number of primary amides is 1. The summed E-state index contributed by atoms with van der Waals surface area (Å²) < 4.78 is 29.0. The van der Waals surface area contributed by atoms with Gasteiger partial charge in [0.15, 0.2) is 0 Å². The third-order valence-electron chi connectivity index (χ3n) is 3.40. The predicted molar refractivity (Wildman–Crippen MR) is 81.5 cm³/mol. The van der Waals surface area contributed by atoms with Crippen molar-refractivity contribution in [1.82, 2.24) is 9.97 Å². The van der Waals surface area contributed by atoms with Crippen LogP contribution in [0.2, 0.25) is 0 Å². The van der Waals surface area contributed by atoms with Crippen molar-refractivity contribution >= 4 is 32.9 Å². The number of H-pyrrole nitrogens is 1. The maximum Gasteiger partial charge on any atom is 0.251 e. The number of aromatic nitrogens is 2. The quantitative estimate of drug-likeness (QED) is 0.747. The van der Waals surface area contributed by atoms with Crippen molar-refractivity contribution < 1.29 is 13.6 Å². The summed E-state index contributed by atoms with van der Waals surface area (Å²) in [7, 11) is 0. The maximum absolute atomic E-state index is 14.3. The zero-order valence-electron chi connectivity index (χ0n) is 11.2. The van der Waals surface area contributed by atoms with Gasteiger partial charge in [0.2, 0.25) is 0 Å². The average molecular weight is 366 g/mol. The molecule has 0 unspecified atom stereocenters. The second kappa shape index (κ2) is 5.49. The van der Waals surface area contributed by atoms with Crippen LogP contribution in [-0.4, -0.2) is 15.9 Å². The highest BCUT2D eigenvalue weighted by Gasteiger charge is 2.18. The van der Waals surface area contributed by atoms with Crippen LogP contribution in [0.15, 0.2) is 35.1 Å². The lowest BCUT2D eigenvalue weighted by Crippen LogP contribution is -2.15. The third kappa shape index (κ3) is 2.48. The minimum absolute atomic E-state index is 0.0169. The van der Waals surface area contributed by atoms with Gasteiger partial charge in [0.1, 0.15) is 17.3 Å². The molecule has 0 aliphatic rings. The lowest BCUT2D eigenvalue weighted by Gasteiger charge is -2.07. The Morgan fingerprint density at radius 3 is 2.86 bits per heavy atom. The summed E-state index contributed by atoms with van der Waals surface area (Å²) in [4.78, 5) is 18.3. The normalized spacial score (nSPS) is 11.0. The third-order valence-corrected chi connectivity index (χ3v) is 3.84. The van der Waals surface area contributed by atoms with E-state index in [4.69, 9.17) is 5.73 Å². The van der Waals surface area contributed by atoms with E-state index in [2.05, 4.69) is 25.9 Å². The zero-order valence-corrected chi connectivity index (χ0v) is 12.7. The lowest BCUT2D eigenvalue weighted by atomic mass is 10.0. The van der Waals surface area contributed by atoms with Crippen molar-refractivity contribution in [2.24, 2.45) is 5.73 Å². The molecule has 3 N–H and O–H groups in total. The molecule has 0 fully saturated rings. The van der Waals surface area contributed by atoms with Gasteiger partial charge in [-0.3, -0.25) is 4.79 Å². The number of aromatic amines is 1. The van der Waals surface area contributed by atoms with E-state index >= 15 is 0 Å². The largest absolute Gasteiger partial charge is 0.366 e. The summed E-state index contributed by atoms with van der Waals surface area (Å²) in [5.74, 6) is -2.58. The molecule has 0 saturated carbocycles. The highest BCUT2D eigenvalue weighted by atomic mass is 79.9. The molecule has 0 radical (unpaired) electrons. The number of amides is 1. The van der Waals surface area contributed by atoms with Crippen molar-refractivity contribution in [3.63, 3.8) is 0 Å². The summed E-state index contributed by atoms with van der Waals surface area (Å²) in [5.41, 5.74) is 5.86. The van der Waals surface area contributed by atoms with Gasteiger partial charge >= 0.3 is 0 Å². The first-order valence-corrected chi connectivity index (χ1v) is 7.15. The minimum atomic E-state index is -0.929. The van der Waals surface area contributed by atoms with E-state index in [0.717, 1.165) is 22.0 Å². The van der Waals surface area contributed by atoms with E-state index in [1.165, 1.54) is 0 Å². The summed E-state index contributed by atoms with van der Waals surface area (Å²) in [6.45, 7) is 0. The molecule has 1 aromatic carbocycles. The Bertz CT molecular complexity index is 892. The molecular weight excluding hydrogens is 356 g/mol. The van der Waals surface area contributed by atoms with E-state index in [-0.39, 0.29) is 17.5 Å². The number of halogens is 3. The molecule has 7 heteroatoms. The first-order valence-electron chi connectivity index (χ1n) is 6.35. The predicted octanol–water partition coefficient (Wildman–Crippen LogP) is 3.29. The minimum Gasteiger partial charge on any atom is -0.366 e. The second-order valence-corrected chi connectivity index (χ2v) is 5.71. The van der Waals surface area contributed by atoms with Gasteiger partial charge in [0.05, 0.1) is 5.56 Å². The van der Waals surface area contributed by atoms with Crippen LogP contribution in [0.5, 0.6) is 0 Å². The number of pyridine rings is 1. The monoisotopic (exact) mass is 365 g/mol. The molecule has 0 bridgehead atoms. The van der Waals surface area contributed by atoms with Gasteiger partial charge in [-0.25, -0.2) is 13.8 Å². The Balaban J connectivity index is 2.10. The fourth-order valence-electron chi connectivity index (χ4n) is 2.32. The summed E-state index contributed by atoms with van der Waals surface area (Å²) >= 11 is 3.31. The summed E-state index contributed by atoms with van der Waals surface area (Å²) in [6.07, 6.45) is 3.24. The van der Waals surface area contributed by atoms with Crippen LogP contribution in [0, 0.1) is 11.6 Å². The van der Waals surface area contributed by atoms with Crippen molar-refractivity contribution in [3.8, 4) is 0 Å². The van der Waals surface area contributed by atoms with Gasteiger partial charge in [-0.05, 0) is 39.7 Å². The van der Waals surface area contributed by atoms with Gasteiger partial charge in [-0.2, -0.15) is 0 Å². The van der Waals surface area contributed by atoms with Crippen molar-refractivity contribution in [3.05, 3.63) is 63.4 Å². The standard InChI is InChI=1S/C15H10BrF2N3O/c16-8-4-10-7(5-20-15(10)21-6-8)3-11-12(17)2-1-9(13(11)18)14(19)22/h1-2,4-6H,3H2,(H2,19,22)(H,20,21). The van der Waals surface area contributed by atoms with Gasteiger partial charge < -0.3 is 10.7 Å². The van der Waals surface area contributed by atoms with Crippen LogP contribution in [-0.2, 0) is 6.42 Å². The molecule has 1 amide bonds. The number of benzene rings is 1. The highest BCUT2D eigenvalue weighted by Crippen LogP contribution is 2.26. The van der Waals surface area contributed by atoms with Gasteiger partial charge in [-0.15, -0.1) is 0 Å². The molecule has 0 spiro atoms. The summed E-state index contributed by atoms with van der Waals surface area (Å²) in [6, 6.07) is 3.90. The summed E-state index contributed by atoms with van der Waals surface area (Å²) in [5, 5.41) is 0.748. The molecule has 4 nitrogen and oxygen atoms in total. The van der Waals surface area contributed by atoms with Crippen LogP contribution in [0.4, 0.5) is 8.78 Å². The Morgan fingerprint density at radius 1 is 1.36 bits per heavy atom. The molecule has 2 heterocycles. The first-order chi connectivity index (χ1) is 10.5. The van der Waals surface area contributed by atoms with Gasteiger partial charge in [0, 0.05) is 34.2 Å². The molecule has 2 aromatic heterocycles. The highest BCUT2D eigenvalue weighted by molar-refractivity contribution is 9.10. The molecule has 3 rings (SSSR count). The SMILES string of the molecule is NC(=O)c1ccc(F)c(Cc2c[nH]c3ncc(Br)cc23)c1F. The van der Waals surface area contributed by atoms with Crippen LogP contribution in [0.1, 0.15) is 21.5 Å². The fraction of sp³-hybridized carbons (Fsp3) is 0.0667. The van der Waals surface area contributed by atoms with E-state index < -0.39 is 17.5 Å². The number of hydrogen-bond donors (Lipinski definition) is 2. The van der Waals surface area contributed by atoms with Crippen LogP contribution < -0.4 is 5.73 Å². The van der Waals surface area contributed by atoms with E-state index in [0.29, 0.717) is 11.2 Å². The maximum atomic E-state index is 14.3. The zero-order chi connectivity index (χ0) is 15.9. The van der Waals surface area contributed by atoms with E-state index in [1.807, 2.05) is 6.07 Å². The van der Waals surface area contributed by atoms with Crippen LogP contribution in [0.25, 0.3) is 11.0 Å². The molecule has 22 heavy (non-hydrogen) atoms. The first kappa shape index (κ1) is 14.6. The number of carbonyl (C=O) groups excluding carboxylic acids is 1. The Kier molecular flexibility index (Phi) is 3.66. The number of carbonyl (C=O) groups is 1. The molecule has 0 saturated heterocycles. The number of nitrogens with one attached hydrogen (secondary N) is 1. The number of fused-ring (bicyclic) bond motifs is 1. The molecule has 0 aliphatic carbocycles. The number of rotatable bonds is 3. The molecule has 112 valence electrons. The number of nitrogens with two attached hydrogens (primary N) is 1. The van der Waals surface area contributed by atoms with Gasteiger partial charge in [-0.1, -0.05) is 0 Å². The van der Waals surface area contributed by atoms with Gasteiger partial charge in [0.25, 0.3) is 5.91 Å². The van der Waals surface area contributed by atoms with Crippen molar-refractivity contribution in [2.75, 3.05) is 0 Å². The Morgan fingerprint density at radius 2 is 2.14 bits per heavy atom. The number of nitrogens with zero attached hydrogens (tertiary/aromatic N) is 1. The molecule has 3 aromatic rings. The molecular formula is C15H10BrF2N3O. The lowest BCUT2D eigenvalue weighted by molar-refractivity contribution is 0.0996. The fourth-order valence-corrected chi connectivity index (χ4v) is 2.65. The van der Waals surface area contributed by atoms with Crippen LogP contribution >= 0.6 is 15.9 Å².